The van der Waals surface area contributed by atoms with Crippen molar-refractivity contribution >= 4 is 17.6 Å². The number of rotatable bonds is 3. The lowest BCUT2D eigenvalue weighted by Crippen LogP contribution is -2.58. The highest BCUT2D eigenvalue weighted by Gasteiger charge is 2.62. The van der Waals surface area contributed by atoms with Gasteiger partial charge in [0, 0.05) is 0 Å². The van der Waals surface area contributed by atoms with E-state index in [-0.39, 0.29) is 5.56 Å². The highest BCUT2D eigenvalue weighted by molar-refractivity contribution is 6.02. The number of fused-ring (bicyclic) bond motifs is 3. The molecule has 1 aromatic carbocycles. The van der Waals surface area contributed by atoms with E-state index in [1.807, 2.05) is 0 Å². The first-order valence-corrected chi connectivity index (χ1v) is 9.45. The minimum atomic E-state index is -1.02. The van der Waals surface area contributed by atoms with Gasteiger partial charge < -0.3 is 33.7 Å². The van der Waals surface area contributed by atoms with E-state index in [4.69, 9.17) is 28.4 Å². The third-order valence-electron chi connectivity index (χ3n) is 5.00. The summed E-state index contributed by atoms with van der Waals surface area (Å²) in [6.07, 6.45) is -3.57. The van der Waals surface area contributed by atoms with Crippen LogP contribution in [0.15, 0.2) is 24.3 Å². The van der Waals surface area contributed by atoms with Crippen molar-refractivity contribution in [3.63, 3.8) is 0 Å². The topological polar surface area (TPSA) is 102 Å². The van der Waals surface area contributed by atoms with E-state index in [1.165, 1.54) is 7.11 Å². The number of ether oxygens (including phenoxy) is 6. The predicted octanol–water partition coefficient (Wildman–Crippen LogP) is 1.81. The average Bonchev–Trinajstić information content (AvgIpc) is 3.14. The van der Waals surface area contributed by atoms with Crippen LogP contribution in [0.3, 0.4) is 0 Å². The summed E-state index contributed by atoms with van der Waals surface area (Å²) in [5.74, 6) is -2.83. The fraction of sp³-hybridized carbons (Fsp3) is 0.600. The molecule has 3 aliphatic rings. The van der Waals surface area contributed by atoms with E-state index in [0.717, 1.165) is 0 Å². The third kappa shape index (κ3) is 3.76. The Bertz CT molecular complexity index is 822. The first-order valence-electron chi connectivity index (χ1n) is 9.45. The largest absolute Gasteiger partial charge is 0.465 e. The van der Waals surface area contributed by atoms with Gasteiger partial charge >= 0.3 is 5.97 Å². The van der Waals surface area contributed by atoms with Gasteiger partial charge in [-0.2, -0.15) is 0 Å². The molecular weight excluding hydrogens is 382 g/mol. The summed E-state index contributed by atoms with van der Waals surface area (Å²) in [6.45, 7) is 7.07. The number of methoxy groups -OCH3 is 1. The zero-order chi connectivity index (χ0) is 21.0. The molecule has 3 saturated heterocycles. The molecule has 1 amide bonds. The molecule has 0 spiro atoms. The number of nitrogens with one attached hydrogen (secondary N) is 1. The molecule has 0 radical (unpaired) electrons. The summed E-state index contributed by atoms with van der Waals surface area (Å²) in [6, 6.07) is 6.57. The molecule has 0 aliphatic carbocycles. The van der Waals surface area contributed by atoms with Gasteiger partial charge in [0.1, 0.15) is 18.3 Å². The van der Waals surface area contributed by atoms with Crippen LogP contribution in [-0.4, -0.2) is 61.3 Å². The second-order valence-electron chi connectivity index (χ2n) is 8.12. The van der Waals surface area contributed by atoms with E-state index < -0.39 is 54.2 Å². The Balaban J connectivity index is 1.59. The van der Waals surface area contributed by atoms with Crippen molar-refractivity contribution in [2.24, 2.45) is 0 Å². The van der Waals surface area contributed by atoms with Crippen molar-refractivity contribution in [2.75, 3.05) is 12.4 Å². The Hall–Kier alpha value is -2.04. The molecule has 0 saturated carbocycles. The minimum absolute atomic E-state index is 0.235. The number of para-hydroxylation sites is 1. The van der Waals surface area contributed by atoms with Crippen LogP contribution in [0.4, 0.5) is 5.69 Å². The summed E-state index contributed by atoms with van der Waals surface area (Å²) < 4.78 is 34.4. The third-order valence-corrected chi connectivity index (χ3v) is 5.00. The Kier molecular flexibility index (Phi) is 4.91. The van der Waals surface area contributed by atoms with Crippen molar-refractivity contribution in [1.29, 1.82) is 0 Å². The van der Waals surface area contributed by atoms with Gasteiger partial charge in [0.25, 0.3) is 5.91 Å². The Morgan fingerprint density at radius 2 is 1.55 bits per heavy atom. The molecular formula is C20H25NO8. The van der Waals surface area contributed by atoms with Crippen LogP contribution in [0.2, 0.25) is 0 Å². The SMILES string of the molecule is COC(=O)c1ccccc1NC(=O)[C@H]1O[C@@H]2OC(C)(C)O[C@@H]2[C@H]2OC(C)(C)O[C@H]21. The number of esters is 1. The molecule has 3 fully saturated rings. The summed E-state index contributed by atoms with van der Waals surface area (Å²) in [4.78, 5) is 25.1. The van der Waals surface area contributed by atoms with Gasteiger partial charge in [0.05, 0.1) is 18.4 Å². The molecule has 0 aromatic heterocycles. The summed E-state index contributed by atoms with van der Waals surface area (Å²) in [5.41, 5.74) is 0.549. The van der Waals surface area contributed by atoms with E-state index in [0.29, 0.717) is 5.69 Å². The molecule has 0 unspecified atom stereocenters. The summed E-state index contributed by atoms with van der Waals surface area (Å²) >= 11 is 0. The molecule has 1 N–H and O–H groups in total. The monoisotopic (exact) mass is 407 g/mol. The quantitative estimate of drug-likeness (QED) is 0.757. The molecule has 1 aromatic rings. The van der Waals surface area contributed by atoms with Crippen LogP contribution in [0.25, 0.3) is 0 Å². The summed E-state index contributed by atoms with van der Waals surface area (Å²) in [5, 5.41) is 2.74. The highest BCUT2D eigenvalue weighted by Crippen LogP contribution is 2.44. The van der Waals surface area contributed by atoms with Gasteiger partial charge in [-0.15, -0.1) is 0 Å². The van der Waals surface area contributed by atoms with E-state index >= 15 is 0 Å². The van der Waals surface area contributed by atoms with Crippen molar-refractivity contribution in [3.8, 4) is 0 Å². The number of carbonyl (C=O) groups is 2. The van der Waals surface area contributed by atoms with Gasteiger partial charge in [0.15, 0.2) is 24.0 Å². The van der Waals surface area contributed by atoms with Crippen LogP contribution in [-0.2, 0) is 33.2 Å². The number of benzene rings is 1. The van der Waals surface area contributed by atoms with Crippen molar-refractivity contribution in [2.45, 2.75) is 70.0 Å². The number of carbonyl (C=O) groups excluding carboxylic acids is 2. The normalized spacial score (nSPS) is 34.2. The van der Waals surface area contributed by atoms with Crippen LogP contribution < -0.4 is 5.32 Å². The van der Waals surface area contributed by atoms with E-state index in [1.54, 1.807) is 52.0 Å². The van der Waals surface area contributed by atoms with E-state index in [9.17, 15) is 9.59 Å². The van der Waals surface area contributed by atoms with Crippen LogP contribution in [0.1, 0.15) is 38.1 Å². The number of hydrogen-bond donors (Lipinski definition) is 1. The lowest BCUT2D eigenvalue weighted by Gasteiger charge is -2.36. The zero-order valence-electron chi connectivity index (χ0n) is 17.0. The van der Waals surface area contributed by atoms with Crippen LogP contribution >= 0.6 is 0 Å². The van der Waals surface area contributed by atoms with Crippen molar-refractivity contribution in [3.05, 3.63) is 29.8 Å². The van der Waals surface area contributed by atoms with Crippen molar-refractivity contribution < 1.29 is 38.0 Å². The summed E-state index contributed by atoms with van der Waals surface area (Å²) in [7, 11) is 1.28. The Morgan fingerprint density at radius 1 is 0.931 bits per heavy atom. The molecule has 158 valence electrons. The maximum absolute atomic E-state index is 13.1. The molecule has 9 heteroatoms. The second kappa shape index (κ2) is 7.03. The first-order chi connectivity index (χ1) is 13.6. The van der Waals surface area contributed by atoms with Crippen LogP contribution in [0.5, 0.6) is 0 Å². The fourth-order valence-corrected chi connectivity index (χ4v) is 3.91. The van der Waals surface area contributed by atoms with Gasteiger partial charge in [-0.1, -0.05) is 12.1 Å². The molecule has 4 rings (SSSR count). The first kappa shape index (κ1) is 20.2. The Labute approximate surface area is 168 Å². The maximum atomic E-state index is 13.1. The minimum Gasteiger partial charge on any atom is -0.465 e. The molecule has 3 aliphatic heterocycles. The van der Waals surface area contributed by atoms with Gasteiger partial charge in [0.2, 0.25) is 0 Å². The second-order valence-corrected chi connectivity index (χ2v) is 8.12. The molecule has 0 bridgehead atoms. The van der Waals surface area contributed by atoms with Gasteiger partial charge in [-0.05, 0) is 39.8 Å². The smallest absolute Gasteiger partial charge is 0.339 e. The molecule has 9 nitrogen and oxygen atoms in total. The van der Waals surface area contributed by atoms with Gasteiger partial charge in [-0.25, -0.2) is 4.79 Å². The number of hydrogen-bond acceptors (Lipinski definition) is 8. The standard InChI is InChI=1S/C20H25NO8/c1-19(2)26-12-13(27-19)15-18(29-20(3,4)28-15)25-14(12)16(22)21-11-9-7-6-8-10(11)17(23)24-5/h6-9,12-15,18H,1-5H3,(H,21,22)/t12-,13+,14+,15-,18-/m1/s1. The molecule has 3 heterocycles. The lowest BCUT2D eigenvalue weighted by atomic mass is 9.98. The Morgan fingerprint density at radius 3 is 2.28 bits per heavy atom. The zero-order valence-corrected chi connectivity index (χ0v) is 17.0. The highest BCUT2D eigenvalue weighted by atomic mass is 16.9. The predicted molar refractivity (Wildman–Crippen MR) is 98.9 cm³/mol. The van der Waals surface area contributed by atoms with E-state index in [2.05, 4.69) is 5.32 Å². The van der Waals surface area contributed by atoms with Gasteiger partial charge in [-0.3, -0.25) is 4.79 Å². The number of amides is 1. The average molecular weight is 407 g/mol. The van der Waals surface area contributed by atoms with Crippen LogP contribution in [0, 0.1) is 0 Å². The van der Waals surface area contributed by atoms with Crippen molar-refractivity contribution in [1.82, 2.24) is 0 Å². The molecule has 29 heavy (non-hydrogen) atoms. The maximum Gasteiger partial charge on any atom is 0.339 e. The molecule has 5 atom stereocenters. The lowest BCUT2D eigenvalue weighted by molar-refractivity contribution is -0.229. The number of anilines is 1. The fourth-order valence-electron chi connectivity index (χ4n) is 3.91.